The molecule has 0 amide bonds. The summed E-state index contributed by atoms with van der Waals surface area (Å²) in [4.78, 5) is 11.0. The molecule has 0 fully saturated rings. The van der Waals surface area contributed by atoms with Crippen LogP contribution in [0.25, 0.3) is 11.0 Å². The van der Waals surface area contributed by atoms with E-state index in [1.54, 1.807) is 19.1 Å². The molecule has 0 bridgehead atoms. The first-order valence-corrected chi connectivity index (χ1v) is 5.45. The van der Waals surface area contributed by atoms with Gasteiger partial charge in [0.1, 0.15) is 0 Å². The summed E-state index contributed by atoms with van der Waals surface area (Å²) in [5.74, 6) is 4.75. The molecule has 0 unspecified atom stereocenters. The molecule has 0 radical (unpaired) electrons. The van der Waals surface area contributed by atoms with Crippen molar-refractivity contribution in [2.24, 2.45) is 0 Å². The minimum Gasteiger partial charge on any atom is -0.456 e. The summed E-state index contributed by atoms with van der Waals surface area (Å²) in [6, 6.07) is 7.15. The molecule has 1 aromatic carbocycles. The van der Waals surface area contributed by atoms with Crippen LogP contribution in [0, 0.1) is 11.8 Å². The van der Waals surface area contributed by atoms with E-state index in [1.165, 1.54) is 0 Å². The van der Waals surface area contributed by atoms with Crippen LogP contribution in [0.3, 0.4) is 0 Å². The Kier molecular flexibility index (Phi) is 3.36. The SMILES string of the molecule is CCOC(=O)C#Cc1cc2cccc(Cl)c2o1. The molecule has 86 valence electrons. The van der Waals surface area contributed by atoms with Gasteiger partial charge >= 0.3 is 5.97 Å². The summed E-state index contributed by atoms with van der Waals surface area (Å²) in [6.07, 6.45) is 0. The van der Waals surface area contributed by atoms with Gasteiger partial charge in [0.05, 0.1) is 11.6 Å². The van der Waals surface area contributed by atoms with Crippen LogP contribution in [0.4, 0.5) is 0 Å². The van der Waals surface area contributed by atoms with Gasteiger partial charge in [0, 0.05) is 17.4 Å². The third-order valence-electron chi connectivity index (χ3n) is 2.06. The third-order valence-corrected chi connectivity index (χ3v) is 2.36. The van der Waals surface area contributed by atoms with Crippen molar-refractivity contribution < 1.29 is 13.9 Å². The second kappa shape index (κ2) is 4.94. The van der Waals surface area contributed by atoms with Crippen molar-refractivity contribution >= 4 is 28.5 Å². The minimum atomic E-state index is -0.570. The minimum absolute atomic E-state index is 0.305. The van der Waals surface area contributed by atoms with Gasteiger partial charge in [-0.15, -0.1) is 0 Å². The molecule has 0 saturated heterocycles. The largest absolute Gasteiger partial charge is 0.456 e. The highest BCUT2D eigenvalue weighted by Crippen LogP contribution is 2.25. The number of furan rings is 1. The second-order valence-corrected chi connectivity index (χ2v) is 3.65. The van der Waals surface area contributed by atoms with E-state index in [0.717, 1.165) is 5.39 Å². The topological polar surface area (TPSA) is 39.4 Å². The zero-order valence-corrected chi connectivity index (χ0v) is 9.88. The van der Waals surface area contributed by atoms with E-state index in [1.807, 2.05) is 12.1 Å². The number of hydrogen-bond acceptors (Lipinski definition) is 3. The third kappa shape index (κ3) is 2.61. The fraction of sp³-hybridized carbons (Fsp3) is 0.154. The average Bonchev–Trinajstić information content (AvgIpc) is 2.71. The summed E-state index contributed by atoms with van der Waals surface area (Å²) >= 11 is 5.95. The van der Waals surface area contributed by atoms with Crippen molar-refractivity contribution in [2.75, 3.05) is 6.61 Å². The number of rotatable bonds is 1. The number of esters is 1. The van der Waals surface area contributed by atoms with Crippen molar-refractivity contribution in [3.05, 3.63) is 35.0 Å². The van der Waals surface area contributed by atoms with Crippen molar-refractivity contribution in [2.45, 2.75) is 6.92 Å². The van der Waals surface area contributed by atoms with Gasteiger partial charge in [-0.25, -0.2) is 4.79 Å². The maximum Gasteiger partial charge on any atom is 0.384 e. The molecule has 0 saturated carbocycles. The molecular formula is C13H9ClO3. The van der Waals surface area contributed by atoms with Crippen molar-refractivity contribution in [1.82, 2.24) is 0 Å². The van der Waals surface area contributed by atoms with Crippen molar-refractivity contribution in [1.29, 1.82) is 0 Å². The molecular weight excluding hydrogens is 240 g/mol. The van der Waals surface area contributed by atoms with E-state index >= 15 is 0 Å². The number of hydrogen-bond donors (Lipinski definition) is 0. The molecule has 1 heterocycles. The first-order chi connectivity index (χ1) is 8.20. The molecule has 0 spiro atoms. The Bertz CT molecular complexity index is 616. The Balaban J connectivity index is 2.31. The van der Waals surface area contributed by atoms with Crippen molar-refractivity contribution in [3.63, 3.8) is 0 Å². The van der Waals surface area contributed by atoms with Crippen LogP contribution in [-0.2, 0) is 9.53 Å². The molecule has 0 N–H and O–H groups in total. The molecule has 2 aromatic rings. The zero-order chi connectivity index (χ0) is 12.3. The Morgan fingerprint density at radius 2 is 2.35 bits per heavy atom. The quantitative estimate of drug-likeness (QED) is 0.575. The van der Waals surface area contributed by atoms with Gasteiger partial charge in [-0.05, 0) is 18.9 Å². The lowest BCUT2D eigenvalue weighted by Crippen LogP contribution is -1.99. The fourth-order valence-electron chi connectivity index (χ4n) is 1.37. The zero-order valence-electron chi connectivity index (χ0n) is 9.12. The number of benzene rings is 1. The molecule has 2 rings (SSSR count). The fourth-order valence-corrected chi connectivity index (χ4v) is 1.59. The highest BCUT2D eigenvalue weighted by molar-refractivity contribution is 6.34. The van der Waals surface area contributed by atoms with Crippen LogP contribution in [0.5, 0.6) is 0 Å². The van der Waals surface area contributed by atoms with Crippen LogP contribution < -0.4 is 0 Å². The predicted octanol–water partition coefficient (Wildman–Crippen LogP) is 3.00. The first kappa shape index (κ1) is 11.6. The van der Waals surface area contributed by atoms with Gasteiger partial charge in [0.25, 0.3) is 0 Å². The van der Waals surface area contributed by atoms with Gasteiger partial charge in [0.2, 0.25) is 0 Å². The molecule has 3 nitrogen and oxygen atoms in total. The van der Waals surface area contributed by atoms with Crippen LogP contribution in [-0.4, -0.2) is 12.6 Å². The lowest BCUT2D eigenvalue weighted by Gasteiger charge is -1.90. The number of fused-ring (bicyclic) bond motifs is 1. The maximum atomic E-state index is 11.0. The van der Waals surface area contributed by atoms with Crippen LogP contribution >= 0.6 is 11.6 Å². The standard InChI is InChI=1S/C13H9ClO3/c1-2-16-12(15)7-6-10-8-9-4-3-5-11(14)13(9)17-10/h3-5,8H,2H2,1H3. The smallest absolute Gasteiger partial charge is 0.384 e. The Morgan fingerprint density at radius 3 is 3.06 bits per heavy atom. The number of carbonyl (C=O) groups excluding carboxylic acids is 1. The van der Waals surface area contributed by atoms with Crippen LogP contribution in [0.15, 0.2) is 28.7 Å². The number of carbonyl (C=O) groups is 1. The molecule has 0 aliphatic carbocycles. The molecule has 1 aromatic heterocycles. The molecule has 4 heteroatoms. The number of halogens is 1. The molecule has 17 heavy (non-hydrogen) atoms. The highest BCUT2D eigenvalue weighted by Gasteiger charge is 2.05. The normalized spacial score (nSPS) is 9.76. The predicted molar refractivity (Wildman–Crippen MR) is 64.7 cm³/mol. The molecule has 0 aliphatic rings. The van der Waals surface area contributed by atoms with Gasteiger partial charge in [-0.2, -0.15) is 0 Å². The molecule has 0 aliphatic heterocycles. The Morgan fingerprint density at radius 1 is 1.53 bits per heavy atom. The van der Waals surface area contributed by atoms with E-state index in [4.69, 9.17) is 16.0 Å². The van der Waals surface area contributed by atoms with Gasteiger partial charge in [-0.1, -0.05) is 23.7 Å². The average molecular weight is 249 g/mol. The number of para-hydroxylation sites is 1. The monoisotopic (exact) mass is 248 g/mol. The summed E-state index contributed by atoms with van der Waals surface area (Å²) in [6.45, 7) is 2.03. The summed E-state index contributed by atoms with van der Waals surface area (Å²) < 4.78 is 10.1. The van der Waals surface area contributed by atoms with E-state index in [2.05, 4.69) is 16.6 Å². The Hall–Kier alpha value is -1.92. The Labute approximate surface area is 103 Å². The summed E-state index contributed by atoms with van der Waals surface area (Å²) in [7, 11) is 0. The number of ether oxygens (including phenoxy) is 1. The van der Waals surface area contributed by atoms with Gasteiger partial charge < -0.3 is 9.15 Å². The maximum absolute atomic E-state index is 11.0. The van der Waals surface area contributed by atoms with Gasteiger partial charge in [0.15, 0.2) is 11.3 Å². The van der Waals surface area contributed by atoms with E-state index < -0.39 is 5.97 Å². The van der Waals surface area contributed by atoms with E-state index in [-0.39, 0.29) is 0 Å². The van der Waals surface area contributed by atoms with Gasteiger partial charge in [-0.3, -0.25) is 0 Å². The first-order valence-electron chi connectivity index (χ1n) is 5.07. The van der Waals surface area contributed by atoms with Crippen LogP contribution in [0.1, 0.15) is 12.7 Å². The molecule has 0 atom stereocenters. The van der Waals surface area contributed by atoms with Crippen molar-refractivity contribution in [3.8, 4) is 11.8 Å². The summed E-state index contributed by atoms with van der Waals surface area (Å²) in [5.41, 5.74) is 0.572. The lowest BCUT2D eigenvalue weighted by atomic mass is 10.2. The van der Waals surface area contributed by atoms with E-state index in [9.17, 15) is 4.79 Å². The van der Waals surface area contributed by atoms with E-state index in [0.29, 0.717) is 23.0 Å². The lowest BCUT2D eigenvalue weighted by molar-refractivity contribution is -0.136. The summed E-state index contributed by atoms with van der Waals surface area (Å²) in [5, 5.41) is 1.37. The van der Waals surface area contributed by atoms with Crippen LogP contribution in [0.2, 0.25) is 5.02 Å². The highest BCUT2D eigenvalue weighted by atomic mass is 35.5. The second-order valence-electron chi connectivity index (χ2n) is 3.24.